The van der Waals surface area contributed by atoms with Crippen molar-refractivity contribution in [1.82, 2.24) is 4.98 Å². The summed E-state index contributed by atoms with van der Waals surface area (Å²) in [5.74, 6) is -1.65. The highest BCUT2D eigenvalue weighted by Gasteiger charge is 2.47. The van der Waals surface area contributed by atoms with Gasteiger partial charge >= 0.3 is 0 Å². The van der Waals surface area contributed by atoms with E-state index in [0.717, 1.165) is 11.1 Å². The molecule has 0 bridgehead atoms. The smallest absolute Gasteiger partial charge is 0.300 e. The summed E-state index contributed by atoms with van der Waals surface area (Å²) >= 11 is 6.18. The number of benzene rings is 2. The summed E-state index contributed by atoms with van der Waals surface area (Å²) in [6.45, 7) is 8.11. The molecule has 4 rings (SSSR count). The van der Waals surface area contributed by atoms with Crippen molar-refractivity contribution in [3.8, 4) is 0 Å². The van der Waals surface area contributed by atoms with Crippen LogP contribution in [0.5, 0.6) is 0 Å². The van der Waals surface area contributed by atoms with Gasteiger partial charge in [-0.15, -0.1) is 0 Å². The number of anilines is 1. The number of carbonyl (C=O) groups excluding carboxylic acids is 2. The lowest BCUT2D eigenvalue weighted by molar-refractivity contribution is -0.132. The van der Waals surface area contributed by atoms with Gasteiger partial charge < -0.3 is 5.11 Å². The Labute approximate surface area is 198 Å². The van der Waals surface area contributed by atoms with Crippen LogP contribution in [0.2, 0.25) is 5.02 Å². The molecule has 168 valence electrons. The minimum Gasteiger partial charge on any atom is -0.507 e. The van der Waals surface area contributed by atoms with Gasteiger partial charge in [-0.2, -0.15) is 0 Å². The van der Waals surface area contributed by atoms with Crippen LogP contribution in [0, 0.1) is 6.92 Å². The molecule has 0 spiro atoms. The van der Waals surface area contributed by atoms with E-state index in [1.807, 2.05) is 25.1 Å². The highest BCUT2D eigenvalue weighted by atomic mass is 35.5. The fourth-order valence-electron chi connectivity index (χ4n) is 4.07. The maximum Gasteiger partial charge on any atom is 0.300 e. The number of amides is 1. The number of halogens is 1. The monoisotopic (exact) mass is 460 g/mol. The number of Topliss-reactive ketones (excluding diaryl/α,β-unsaturated/α-hetero) is 1. The molecule has 1 fully saturated rings. The topological polar surface area (TPSA) is 70.5 Å². The molecule has 2 heterocycles. The number of hydrogen-bond acceptors (Lipinski definition) is 4. The lowest BCUT2D eigenvalue weighted by Gasteiger charge is -2.26. The lowest BCUT2D eigenvalue weighted by atomic mass is 9.84. The van der Waals surface area contributed by atoms with E-state index in [4.69, 9.17) is 11.6 Å². The van der Waals surface area contributed by atoms with Crippen molar-refractivity contribution in [3.05, 3.63) is 99.8 Å². The second kappa shape index (κ2) is 8.49. The molecular weight excluding hydrogens is 436 g/mol. The molecule has 5 nitrogen and oxygen atoms in total. The van der Waals surface area contributed by atoms with Gasteiger partial charge in [0.05, 0.1) is 11.6 Å². The molecule has 2 aromatic carbocycles. The van der Waals surface area contributed by atoms with Gasteiger partial charge in [-0.05, 0) is 65.4 Å². The van der Waals surface area contributed by atoms with Crippen LogP contribution in [0.4, 0.5) is 5.69 Å². The van der Waals surface area contributed by atoms with Crippen molar-refractivity contribution >= 4 is 34.7 Å². The Morgan fingerprint density at radius 1 is 1.03 bits per heavy atom. The quantitative estimate of drug-likeness (QED) is 0.297. The van der Waals surface area contributed by atoms with Crippen molar-refractivity contribution in [2.75, 3.05) is 4.90 Å². The predicted molar refractivity (Wildman–Crippen MR) is 130 cm³/mol. The van der Waals surface area contributed by atoms with Crippen LogP contribution in [0.15, 0.2) is 72.6 Å². The first-order valence-corrected chi connectivity index (χ1v) is 11.1. The molecule has 1 aliphatic heterocycles. The summed E-state index contributed by atoms with van der Waals surface area (Å²) < 4.78 is 0. The second-order valence-corrected chi connectivity index (χ2v) is 9.65. The first kappa shape index (κ1) is 22.7. The molecule has 6 heteroatoms. The van der Waals surface area contributed by atoms with Gasteiger partial charge in [0.1, 0.15) is 5.76 Å². The minimum atomic E-state index is -0.816. The predicted octanol–water partition coefficient (Wildman–Crippen LogP) is 5.97. The fraction of sp³-hybridized carbons (Fsp3) is 0.222. The van der Waals surface area contributed by atoms with Gasteiger partial charge in [-0.25, -0.2) is 0 Å². The van der Waals surface area contributed by atoms with E-state index in [1.54, 1.807) is 48.8 Å². The third-order valence-electron chi connectivity index (χ3n) is 5.91. The van der Waals surface area contributed by atoms with Crippen LogP contribution >= 0.6 is 11.6 Å². The van der Waals surface area contributed by atoms with Gasteiger partial charge in [0.25, 0.3) is 11.7 Å². The van der Waals surface area contributed by atoms with E-state index in [9.17, 15) is 14.7 Å². The third-order valence-corrected chi connectivity index (χ3v) is 6.15. The molecular formula is C27H25ClN2O3. The molecule has 0 saturated carbocycles. The molecule has 1 aliphatic rings. The molecule has 33 heavy (non-hydrogen) atoms. The van der Waals surface area contributed by atoms with E-state index >= 15 is 0 Å². The number of rotatable bonds is 3. The summed E-state index contributed by atoms with van der Waals surface area (Å²) in [4.78, 5) is 32.0. The summed E-state index contributed by atoms with van der Waals surface area (Å²) in [6, 6.07) is 15.2. The van der Waals surface area contributed by atoms with Crippen LogP contribution < -0.4 is 4.90 Å². The highest BCUT2D eigenvalue weighted by Crippen LogP contribution is 2.43. The average molecular weight is 461 g/mol. The van der Waals surface area contributed by atoms with Crippen LogP contribution in [0.3, 0.4) is 0 Å². The van der Waals surface area contributed by atoms with Crippen LogP contribution in [-0.4, -0.2) is 21.8 Å². The van der Waals surface area contributed by atoms with Crippen molar-refractivity contribution in [2.24, 2.45) is 0 Å². The maximum atomic E-state index is 13.3. The third kappa shape index (κ3) is 4.16. The summed E-state index contributed by atoms with van der Waals surface area (Å²) in [7, 11) is 0. The molecule has 1 aromatic heterocycles. The number of aliphatic hydroxyl groups is 1. The van der Waals surface area contributed by atoms with Gasteiger partial charge in [0, 0.05) is 28.7 Å². The fourth-order valence-corrected chi connectivity index (χ4v) is 4.26. The molecule has 1 amide bonds. The van der Waals surface area contributed by atoms with E-state index in [2.05, 4.69) is 25.8 Å². The molecule has 0 aliphatic carbocycles. The van der Waals surface area contributed by atoms with Gasteiger partial charge in [-0.3, -0.25) is 19.5 Å². The Kier molecular flexibility index (Phi) is 5.85. The first-order chi connectivity index (χ1) is 15.6. The normalized spacial score (nSPS) is 18.1. The van der Waals surface area contributed by atoms with Gasteiger partial charge in [-0.1, -0.05) is 50.6 Å². The Hall–Kier alpha value is -3.44. The van der Waals surface area contributed by atoms with Crippen LogP contribution in [-0.2, 0) is 15.0 Å². The Balaban J connectivity index is 1.98. The number of hydrogen-bond donors (Lipinski definition) is 1. The zero-order valence-electron chi connectivity index (χ0n) is 19.0. The lowest BCUT2D eigenvalue weighted by Crippen LogP contribution is -2.29. The van der Waals surface area contributed by atoms with Gasteiger partial charge in [0.15, 0.2) is 0 Å². The highest BCUT2D eigenvalue weighted by molar-refractivity contribution is 6.51. The Morgan fingerprint density at radius 3 is 2.36 bits per heavy atom. The second-order valence-electron chi connectivity index (χ2n) is 9.21. The number of ketones is 1. The number of pyridine rings is 1. The van der Waals surface area contributed by atoms with E-state index in [0.29, 0.717) is 21.8 Å². The van der Waals surface area contributed by atoms with Crippen molar-refractivity contribution in [2.45, 2.75) is 39.2 Å². The van der Waals surface area contributed by atoms with Crippen molar-refractivity contribution < 1.29 is 14.7 Å². The van der Waals surface area contributed by atoms with E-state index in [-0.39, 0.29) is 16.7 Å². The molecule has 0 radical (unpaired) electrons. The zero-order valence-corrected chi connectivity index (χ0v) is 19.7. The molecule has 1 unspecified atom stereocenters. The van der Waals surface area contributed by atoms with E-state index < -0.39 is 17.7 Å². The summed E-state index contributed by atoms with van der Waals surface area (Å²) in [6.07, 6.45) is 3.19. The molecule has 1 N–H and O–H groups in total. The summed E-state index contributed by atoms with van der Waals surface area (Å²) in [5, 5.41) is 11.9. The Bertz CT molecular complexity index is 1280. The minimum absolute atomic E-state index is 0.0420. The SMILES string of the molecule is Cc1ccc(C(C)(C)C)cc1/C(O)=C1\C(=O)C(=O)N(c2cccc(Cl)c2)C1c1ccncc1. The van der Waals surface area contributed by atoms with Crippen LogP contribution in [0.1, 0.15) is 49.1 Å². The molecule has 1 saturated heterocycles. The van der Waals surface area contributed by atoms with Crippen LogP contribution in [0.25, 0.3) is 5.76 Å². The van der Waals surface area contributed by atoms with Gasteiger partial charge in [0.2, 0.25) is 0 Å². The number of nitrogens with zero attached hydrogens (tertiary/aromatic N) is 2. The molecule has 1 atom stereocenters. The summed E-state index contributed by atoms with van der Waals surface area (Å²) in [5.41, 5.74) is 3.38. The van der Waals surface area contributed by atoms with E-state index in [1.165, 1.54) is 4.90 Å². The standard InChI is InChI=1S/C27H25ClN2O3/c1-16-8-9-18(27(2,3)4)14-21(16)24(31)22-23(17-10-12-29-13-11-17)30(26(33)25(22)32)20-7-5-6-19(28)15-20/h5-15,23,31H,1-4H3/b24-22+. The Morgan fingerprint density at radius 2 is 1.73 bits per heavy atom. The molecule has 3 aromatic rings. The van der Waals surface area contributed by atoms with Crippen molar-refractivity contribution in [3.63, 3.8) is 0 Å². The number of carbonyl (C=O) groups is 2. The zero-order chi connectivity index (χ0) is 23.9. The van der Waals surface area contributed by atoms with Crippen molar-refractivity contribution in [1.29, 1.82) is 0 Å². The maximum absolute atomic E-state index is 13.3. The number of aromatic nitrogens is 1. The number of aliphatic hydroxyl groups excluding tert-OH is 1. The largest absolute Gasteiger partial charge is 0.507 e. The number of aryl methyl sites for hydroxylation is 1. The average Bonchev–Trinajstić information content (AvgIpc) is 3.04. The first-order valence-electron chi connectivity index (χ1n) is 10.7.